The molecule has 0 aliphatic carbocycles. The Morgan fingerprint density at radius 1 is 0.913 bits per heavy atom. The van der Waals surface area contributed by atoms with Crippen molar-refractivity contribution in [3.05, 3.63) is 48.5 Å². The topological polar surface area (TPSA) is 19.0 Å². The first-order valence-electron chi connectivity index (χ1n) is 8.09. The molecule has 1 aliphatic rings. The molecule has 23 heavy (non-hydrogen) atoms. The molecule has 0 spiro atoms. The molecule has 0 amide bonds. The lowest BCUT2D eigenvalue weighted by atomic mass is 10.2. The lowest BCUT2D eigenvalue weighted by molar-refractivity contribution is 0.313. The average Bonchev–Trinajstić information content (AvgIpc) is 2.62. The molecule has 4 heteroatoms. The largest absolute Gasteiger partial charge is 0.497 e. The van der Waals surface area contributed by atoms with E-state index in [0.29, 0.717) is 0 Å². The Bertz CT molecular complexity index is 633. The van der Waals surface area contributed by atoms with E-state index in [2.05, 4.69) is 65.2 Å². The van der Waals surface area contributed by atoms with E-state index in [9.17, 15) is 0 Å². The van der Waals surface area contributed by atoms with Crippen LogP contribution in [0.15, 0.2) is 48.5 Å². The van der Waals surface area contributed by atoms with Gasteiger partial charge in [-0.05, 0) is 49.5 Å². The maximum absolute atomic E-state index is 5.23. The van der Waals surface area contributed by atoms with Crippen LogP contribution < -0.4 is 14.5 Å². The predicted octanol–water partition coefficient (Wildman–Crippen LogP) is 3.21. The predicted molar refractivity (Wildman–Crippen MR) is 97.2 cm³/mol. The second-order valence-corrected chi connectivity index (χ2v) is 6.07. The summed E-state index contributed by atoms with van der Waals surface area (Å²) in [5.41, 5.74) is 3.66. The number of nitrogens with zero attached hydrogens (tertiary/aromatic N) is 3. The molecular weight excluding hydrogens is 286 g/mol. The summed E-state index contributed by atoms with van der Waals surface area (Å²) < 4.78 is 5.23. The van der Waals surface area contributed by atoms with Gasteiger partial charge in [-0.3, -0.25) is 0 Å². The van der Waals surface area contributed by atoms with Crippen LogP contribution in [-0.4, -0.2) is 52.3 Å². The molecule has 0 saturated carbocycles. The highest BCUT2D eigenvalue weighted by molar-refractivity contribution is 5.67. The Kier molecular flexibility index (Phi) is 4.72. The van der Waals surface area contributed by atoms with Gasteiger partial charge in [-0.15, -0.1) is 0 Å². The zero-order valence-electron chi connectivity index (χ0n) is 14.2. The maximum atomic E-state index is 5.23. The summed E-state index contributed by atoms with van der Waals surface area (Å²) in [5, 5.41) is 0. The Morgan fingerprint density at radius 2 is 1.61 bits per heavy atom. The zero-order chi connectivity index (χ0) is 16.2. The number of rotatable bonds is 4. The van der Waals surface area contributed by atoms with Gasteiger partial charge in [0, 0.05) is 50.3 Å². The molecule has 1 heterocycles. The lowest BCUT2D eigenvalue weighted by Gasteiger charge is -2.34. The van der Waals surface area contributed by atoms with E-state index < -0.39 is 0 Å². The van der Waals surface area contributed by atoms with Crippen LogP contribution in [0, 0.1) is 0 Å². The van der Waals surface area contributed by atoms with Crippen molar-refractivity contribution >= 4 is 17.1 Å². The van der Waals surface area contributed by atoms with Crippen molar-refractivity contribution in [3.8, 4) is 5.75 Å². The van der Waals surface area contributed by atoms with Gasteiger partial charge in [-0.2, -0.15) is 0 Å². The molecule has 1 saturated heterocycles. The van der Waals surface area contributed by atoms with E-state index in [1.54, 1.807) is 7.11 Å². The highest BCUT2D eigenvalue weighted by Gasteiger charge is 2.15. The van der Waals surface area contributed by atoms with Crippen LogP contribution in [0.3, 0.4) is 0 Å². The third-order valence-corrected chi connectivity index (χ3v) is 4.55. The molecule has 3 rings (SSSR count). The first kappa shape index (κ1) is 15.7. The van der Waals surface area contributed by atoms with Crippen molar-refractivity contribution in [1.82, 2.24) is 4.90 Å². The first-order valence-corrected chi connectivity index (χ1v) is 8.09. The summed E-state index contributed by atoms with van der Waals surface area (Å²) in [5.74, 6) is 0.883. The highest BCUT2D eigenvalue weighted by atomic mass is 16.5. The van der Waals surface area contributed by atoms with Crippen LogP contribution in [0.25, 0.3) is 0 Å². The van der Waals surface area contributed by atoms with E-state index in [-0.39, 0.29) is 0 Å². The molecule has 0 atom stereocenters. The van der Waals surface area contributed by atoms with Crippen molar-refractivity contribution in [3.63, 3.8) is 0 Å². The lowest BCUT2D eigenvalue weighted by Crippen LogP contribution is -2.44. The van der Waals surface area contributed by atoms with Gasteiger partial charge < -0.3 is 19.4 Å². The summed E-state index contributed by atoms with van der Waals surface area (Å²) in [6, 6.07) is 16.9. The van der Waals surface area contributed by atoms with Crippen LogP contribution in [0.5, 0.6) is 5.75 Å². The van der Waals surface area contributed by atoms with Gasteiger partial charge in [-0.1, -0.05) is 6.07 Å². The number of hydrogen-bond acceptors (Lipinski definition) is 4. The SMILES string of the molecule is COc1ccc(N(C)c2cccc(N3CCN(C)CC3)c2)cc1. The summed E-state index contributed by atoms with van der Waals surface area (Å²) in [6.07, 6.45) is 0. The van der Waals surface area contributed by atoms with Crippen LogP contribution in [-0.2, 0) is 0 Å². The van der Waals surface area contributed by atoms with E-state index >= 15 is 0 Å². The van der Waals surface area contributed by atoms with Gasteiger partial charge in [0.15, 0.2) is 0 Å². The Labute approximate surface area is 138 Å². The van der Waals surface area contributed by atoms with Gasteiger partial charge in [0.1, 0.15) is 5.75 Å². The van der Waals surface area contributed by atoms with Gasteiger partial charge in [-0.25, -0.2) is 0 Å². The fraction of sp³-hybridized carbons (Fsp3) is 0.368. The molecule has 1 fully saturated rings. The van der Waals surface area contributed by atoms with E-state index in [0.717, 1.165) is 37.6 Å². The minimum Gasteiger partial charge on any atom is -0.497 e. The van der Waals surface area contributed by atoms with Gasteiger partial charge in [0.05, 0.1) is 7.11 Å². The van der Waals surface area contributed by atoms with E-state index in [1.807, 2.05) is 12.1 Å². The number of likely N-dealkylation sites (N-methyl/N-ethyl adjacent to an activating group) is 1. The molecule has 0 N–H and O–H groups in total. The Balaban J connectivity index is 1.78. The van der Waals surface area contributed by atoms with Crippen LogP contribution in [0.1, 0.15) is 0 Å². The van der Waals surface area contributed by atoms with Crippen LogP contribution >= 0.6 is 0 Å². The van der Waals surface area contributed by atoms with Gasteiger partial charge in [0.25, 0.3) is 0 Å². The number of benzene rings is 2. The molecule has 1 aliphatic heterocycles. The van der Waals surface area contributed by atoms with Gasteiger partial charge >= 0.3 is 0 Å². The average molecular weight is 311 g/mol. The number of ether oxygens (including phenoxy) is 1. The Morgan fingerprint density at radius 3 is 2.26 bits per heavy atom. The molecule has 0 aromatic heterocycles. The molecule has 122 valence electrons. The minimum atomic E-state index is 0.883. The highest BCUT2D eigenvalue weighted by Crippen LogP contribution is 2.29. The standard InChI is InChI=1S/C19H25N3O/c1-20-11-13-22(14-12-20)18-6-4-5-17(15-18)21(2)16-7-9-19(23-3)10-8-16/h4-10,15H,11-14H2,1-3H3. The molecule has 2 aromatic carbocycles. The number of hydrogen-bond donors (Lipinski definition) is 0. The van der Waals surface area contributed by atoms with Crippen molar-refractivity contribution in [2.24, 2.45) is 0 Å². The quantitative estimate of drug-likeness (QED) is 0.863. The van der Waals surface area contributed by atoms with Crippen LogP contribution in [0.4, 0.5) is 17.1 Å². The fourth-order valence-electron chi connectivity index (χ4n) is 2.92. The Hall–Kier alpha value is -2.20. The number of anilines is 3. The molecule has 0 bridgehead atoms. The molecule has 2 aromatic rings. The maximum Gasteiger partial charge on any atom is 0.119 e. The summed E-state index contributed by atoms with van der Waals surface area (Å²) in [7, 11) is 5.98. The fourth-order valence-corrected chi connectivity index (χ4v) is 2.92. The van der Waals surface area contributed by atoms with Crippen molar-refractivity contribution in [2.75, 3.05) is 57.2 Å². The van der Waals surface area contributed by atoms with Crippen molar-refractivity contribution in [1.29, 1.82) is 0 Å². The zero-order valence-corrected chi connectivity index (χ0v) is 14.2. The smallest absolute Gasteiger partial charge is 0.119 e. The van der Waals surface area contributed by atoms with E-state index in [4.69, 9.17) is 4.74 Å². The number of methoxy groups -OCH3 is 1. The van der Waals surface area contributed by atoms with Crippen LogP contribution in [0.2, 0.25) is 0 Å². The van der Waals surface area contributed by atoms with E-state index in [1.165, 1.54) is 11.4 Å². The third kappa shape index (κ3) is 3.59. The van der Waals surface area contributed by atoms with Crippen molar-refractivity contribution < 1.29 is 4.74 Å². The molecular formula is C19H25N3O. The normalized spacial score (nSPS) is 15.5. The molecule has 0 unspecified atom stereocenters. The van der Waals surface area contributed by atoms with Crippen molar-refractivity contribution in [2.45, 2.75) is 0 Å². The third-order valence-electron chi connectivity index (χ3n) is 4.55. The molecule has 4 nitrogen and oxygen atoms in total. The van der Waals surface area contributed by atoms with Gasteiger partial charge in [0.2, 0.25) is 0 Å². The second-order valence-electron chi connectivity index (χ2n) is 6.07. The second kappa shape index (κ2) is 6.92. The summed E-state index contributed by atoms with van der Waals surface area (Å²) >= 11 is 0. The summed E-state index contributed by atoms with van der Waals surface area (Å²) in [4.78, 5) is 7.05. The first-order chi connectivity index (χ1) is 11.2. The summed E-state index contributed by atoms with van der Waals surface area (Å²) in [6.45, 7) is 4.43. The minimum absolute atomic E-state index is 0.883. The monoisotopic (exact) mass is 311 g/mol. The number of piperazine rings is 1. The molecule has 0 radical (unpaired) electrons.